The topological polar surface area (TPSA) is 46.1 Å². The lowest BCUT2D eigenvalue weighted by Crippen LogP contribution is -2.26. The molecule has 3 rings (SSSR count). The number of hydrogen-bond acceptors (Lipinski definition) is 3. The predicted octanol–water partition coefficient (Wildman–Crippen LogP) is 8.32. The first-order valence-electron chi connectivity index (χ1n) is 11.7. The lowest BCUT2D eigenvalue weighted by Gasteiger charge is -2.17. The maximum absolute atomic E-state index is 12.2. The van der Waals surface area contributed by atoms with Gasteiger partial charge in [-0.2, -0.15) is 13.2 Å². The van der Waals surface area contributed by atoms with Gasteiger partial charge in [0.2, 0.25) is 0 Å². The van der Waals surface area contributed by atoms with E-state index < -0.39 is 11.7 Å². The third-order valence-corrected chi connectivity index (χ3v) is 4.52. The quantitative estimate of drug-likeness (QED) is 0.339. The molecular weight excluding hydrogens is 463 g/mol. The molecule has 0 N–H and O–H groups in total. The highest BCUT2D eigenvalue weighted by atomic mass is 19.4. The van der Waals surface area contributed by atoms with Crippen LogP contribution >= 0.6 is 0 Å². The molecule has 0 unspecified atom stereocenters. The molecule has 0 aliphatic heterocycles. The zero-order valence-electron chi connectivity index (χ0n) is 22.1. The van der Waals surface area contributed by atoms with E-state index in [1.165, 1.54) is 6.20 Å². The zero-order valence-corrected chi connectivity index (χ0v) is 22.1. The fourth-order valence-electron chi connectivity index (χ4n) is 2.60. The molecule has 7 heteroatoms. The van der Waals surface area contributed by atoms with Gasteiger partial charge in [0.25, 0.3) is 5.91 Å². The van der Waals surface area contributed by atoms with Gasteiger partial charge in [-0.05, 0) is 61.4 Å². The molecule has 0 saturated carbocycles. The number of rotatable bonds is 4. The smallest absolute Gasteiger partial charge is 0.311 e. The molecule has 1 aromatic carbocycles. The van der Waals surface area contributed by atoms with Crippen LogP contribution in [0.15, 0.2) is 91.5 Å². The standard InChI is InChI=1S/C14H14N2O.C11H10F3N.2C2H6/c1-11-3-5-12(6-4-11)14(17)16(2)13-7-9-15-10-8-13;1-8(6-9(2)11(12,13)14)10-4-3-5-15-7-10;2*1-2/h3-10H,1-2H3;3-7H,2H2,1H3;2*1-2H3/b;8-6+;;. The summed E-state index contributed by atoms with van der Waals surface area (Å²) in [6.45, 7) is 14.6. The second kappa shape index (κ2) is 16.8. The summed E-state index contributed by atoms with van der Waals surface area (Å²) in [7, 11) is 1.76. The van der Waals surface area contributed by atoms with Crippen LogP contribution in [0, 0.1) is 6.92 Å². The Morgan fingerprint density at radius 3 is 1.92 bits per heavy atom. The van der Waals surface area contributed by atoms with Crippen molar-refractivity contribution in [3.63, 3.8) is 0 Å². The van der Waals surface area contributed by atoms with Gasteiger partial charge >= 0.3 is 6.18 Å². The van der Waals surface area contributed by atoms with Crippen LogP contribution in [0.25, 0.3) is 5.57 Å². The number of hydrogen-bond donors (Lipinski definition) is 0. The zero-order chi connectivity index (χ0) is 27.7. The molecule has 194 valence electrons. The van der Waals surface area contributed by atoms with Crippen molar-refractivity contribution < 1.29 is 18.0 Å². The number of carbonyl (C=O) groups excluding carboxylic acids is 1. The number of allylic oxidation sites excluding steroid dienone is 3. The molecule has 0 aliphatic carbocycles. The number of benzene rings is 1. The number of pyridine rings is 2. The van der Waals surface area contributed by atoms with Crippen LogP contribution in [0.1, 0.15) is 56.1 Å². The van der Waals surface area contributed by atoms with E-state index in [-0.39, 0.29) is 5.91 Å². The Morgan fingerprint density at radius 1 is 0.889 bits per heavy atom. The molecule has 36 heavy (non-hydrogen) atoms. The predicted molar refractivity (Wildman–Crippen MR) is 144 cm³/mol. The highest BCUT2D eigenvalue weighted by Gasteiger charge is 2.30. The molecule has 0 bridgehead atoms. The molecule has 2 aromatic heterocycles. The minimum atomic E-state index is -4.37. The highest BCUT2D eigenvalue weighted by molar-refractivity contribution is 6.05. The number of halogens is 3. The lowest BCUT2D eigenvalue weighted by atomic mass is 10.1. The van der Waals surface area contributed by atoms with E-state index in [4.69, 9.17) is 0 Å². The summed E-state index contributed by atoms with van der Waals surface area (Å²) in [5, 5.41) is 0. The van der Waals surface area contributed by atoms with Crippen LogP contribution in [-0.2, 0) is 0 Å². The van der Waals surface area contributed by atoms with Gasteiger partial charge in [0, 0.05) is 48.7 Å². The van der Waals surface area contributed by atoms with Crippen LogP contribution in [0.5, 0.6) is 0 Å². The monoisotopic (exact) mass is 499 g/mol. The maximum atomic E-state index is 12.2. The van der Waals surface area contributed by atoms with Gasteiger partial charge in [0.05, 0.1) is 0 Å². The molecular formula is C29H36F3N3O. The minimum Gasteiger partial charge on any atom is -0.311 e. The molecule has 0 spiro atoms. The van der Waals surface area contributed by atoms with E-state index in [1.54, 1.807) is 49.6 Å². The van der Waals surface area contributed by atoms with Gasteiger partial charge in [0.15, 0.2) is 0 Å². The van der Waals surface area contributed by atoms with Crippen molar-refractivity contribution in [2.75, 3.05) is 11.9 Å². The van der Waals surface area contributed by atoms with Crippen molar-refractivity contribution in [1.82, 2.24) is 9.97 Å². The number of carbonyl (C=O) groups is 1. The third kappa shape index (κ3) is 11.1. The third-order valence-electron chi connectivity index (χ3n) is 4.52. The van der Waals surface area contributed by atoms with Gasteiger partial charge in [0.1, 0.15) is 0 Å². The number of aryl methyl sites for hydroxylation is 1. The normalized spacial score (nSPS) is 10.3. The van der Waals surface area contributed by atoms with E-state index >= 15 is 0 Å². The first-order chi connectivity index (χ1) is 17.1. The average molecular weight is 500 g/mol. The molecule has 0 saturated heterocycles. The fraction of sp³-hybridized carbons (Fsp3) is 0.276. The Labute approximate surface area is 213 Å². The first kappa shape index (κ1) is 32.3. The van der Waals surface area contributed by atoms with Gasteiger partial charge in [-0.25, -0.2) is 0 Å². The molecule has 4 nitrogen and oxygen atoms in total. The van der Waals surface area contributed by atoms with Gasteiger partial charge in [-0.3, -0.25) is 14.8 Å². The SMILES string of the molecule is C=C(/C=C(\C)c1cccnc1)C(F)(F)F.CC.CC.Cc1ccc(C(=O)N(C)c2ccncc2)cc1. The summed E-state index contributed by atoms with van der Waals surface area (Å²) in [4.78, 5) is 21.5. The van der Waals surface area contributed by atoms with Crippen LogP contribution < -0.4 is 4.90 Å². The van der Waals surface area contributed by atoms with E-state index in [1.807, 2.05) is 71.0 Å². The second-order valence-electron chi connectivity index (χ2n) is 7.03. The van der Waals surface area contributed by atoms with Crippen LogP contribution in [0.2, 0.25) is 0 Å². The molecule has 1 amide bonds. The number of anilines is 1. The average Bonchev–Trinajstić information content (AvgIpc) is 2.91. The van der Waals surface area contributed by atoms with Crippen LogP contribution in [-0.4, -0.2) is 29.1 Å². The van der Waals surface area contributed by atoms with Crippen molar-refractivity contribution in [3.8, 4) is 0 Å². The Hall–Kier alpha value is -3.74. The summed E-state index contributed by atoms with van der Waals surface area (Å²) in [6, 6.07) is 14.6. The van der Waals surface area contributed by atoms with E-state index in [0.717, 1.165) is 17.3 Å². The number of nitrogens with zero attached hydrogens (tertiary/aromatic N) is 3. The van der Waals surface area contributed by atoms with Crippen LogP contribution in [0.4, 0.5) is 18.9 Å². The Balaban J connectivity index is 0.000000602. The number of aromatic nitrogens is 2. The summed E-state index contributed by atoms with van der Waals surface area (Å²) in [6.07, 6.45) is 3.06. The maximum Gasteiger partial charge on any atom is 0.415 e. The molecule has 3 aromatic rings. The largest absolute Gasteiger partial charge is 0.415 e. The second-order valence-corrected chi connectivity index (χ2v) is 7.03. The van der Waals surface area contributed by atoms with E-state index in [9.17, 15) is 18.0 Å². The lowest BCUT2D eigenvalue weighted by molar-refractivity contribution is -0.0877. The van der Waals surface area contributed by atoms with Crippen molar-refractivity contribution in [2.45, 2.75) is 47.7 Å². The van der Waals surface area contributed by atoms with Gasteiger partial charge < -0.3 is 4.90 Å². The fourth-order valence-corrected chi connectivity index (χ4v) is 2.60. The van der Waals surface area contributed by atoms with Crippen molar-refractivity contribution in [2.24, 2.45) is 0 Å². The molecule has 2 heterocycles. The summed E-state index contributed by atoms with van der Waals surface area (Å²) in [5.41, 5.74) is 2.96. The van der Waals surface area contributed by atoms with Gasteiger partial charge in [-0.1, -0.05) is 58.0 Å². The summed E-state index contributed by atoms with van der Waals surface area (Å²) >= 11 is 0. The minimum absolute atomic E-state index is 0.0174. The van der Waals surface area contributed by atoms with Gasteiger partial charge in [-0.15, -0.1) is 0 Å². The van der Waals surface area contributed by atoms with Crippen molar-refractivity contribution in [3.05, 3.63) is 108 Å². The van der Waals surface area contributed by atoms with Crippen molar-refractivity contribution >= 4 is 17.2 Å². The number of amides is 1. The number of alkyl halides is 3. The molecule has 0 atom stereocenters. The van der Waals surface area contributed by atoms with Crippen LogP contribution in [0.3, 0.4) is 0 Å². The molecule has 0 radical (unpaired) electrons. The molecule has 0 fully saturated rings. The van der Waals surface area contributed by atoms with Crippen molar-refractivity contribution in [1.29, 1.82) is 0 Å². The summed E-state index contributed by atoms with van der Waals surface area (Å²) in [5.74, 6) is -0.0174. The first-order valence-corrected chi connectivity index (χ1v) is 11.7. The van der Waals surface area contributed by atoms with E-state index in [0.29, 0.717) is 16.7 Å². The Bertz CT molecular complexity index is 1060. The Morgan fingerprint density at radius 2 is 1.44 bits per heavy atom. The summed E-state index contributed by atoms with van der Waals surface area (Å²) < 4.78 is 36.5. The highest BCUT2D eigenvalue weighted by Crippen LogP contribution is 2.27. The molecule has 0 aliphatic rings. The van der Waals surface area contributed by atoms with E-state index in [2.05, 4.69) is 16.5 Å². The Kier molecular flexibility index (Phi) is 15.1.